The SMILES string of the molecule is CCO[C@H]1C[C@@H](N(C)C(=O)Cc2csc(C)n2)C1(C)C. The molecule has 2 rings (SSSR count). The van der Waals surface area contributed by atoms with E-state index in [0.29, 0.717) is 6.42 Å². The highest BCUT2D eigenvalue weighted by molar-refractivity contribution is 7.09. The highest BCUT2D eigenvalue weighted by Gasteiger charge is 2.51. The number of hydrogen-bond acceptors (Lipinski definition) is 4. The fourth-order valence-electron chi connectivity index (χ4n) is 2.95. The number of hydrogen-bond donors (Lipinski definition) is 0. The topological polar surface area (TPSA) is 42.4 Å². The van der Waals surface area contributed by atoms with Crippen molar-refractivity contribution in [2.45, 2.75) is 52.7 Å². The van der Waals surface area contributed by atoms with Crippen LogP contribution in [0.15, 0.2) is 5.38 Å². The van der Waals surface area contributed by atoms with Crippen LogP contribution in [0, 0.1) is 12.3 Å². The lowest BCUT2D eigenvalue weighted by atomic mass is 9.63. The number of ether oxygens (including phenoxy) is 1. The minimum atomic E-state index is 0.0262. The van der Waals surface area contributed by atoms with Crippen LogP contribution in [0.1, 0.15) is 37.9 Å². The van der Waals surface area contributed by atoms with Gasteiger partial charge in [-0.05, 0) is 20.3 Å². The van der Waals surface area contributed by atoms with Crippen LogP contribution in [-0.2, 0) is 16.0 Å². The molecule has 1 amide bonds. The zero-order valence-corrected chi connectivity index (χ0v) is 13.8. The third-order valence-corrected chi connectivity index (χ3v) is 5.18. The van der Waals surface area contributed by atoms with Crippen molar-refractivity contribution in [2.75, 3.05) is 13.7 Å². The van der Waals surface area contributed by atoms with Crippen molar-refractivity contribution in [1.29, 1.82) is 0 Å². The number of thiazole rings is 1. The average molecular weight is 296 g/mol. The van der Waals surface area contributed by atoms with Gasteiger partial charge in [-0.2, -0.15) is 0 Å². The Morgan fingerprint density at radius 1 is 1.60 bits per heavy atom. The number of aromatic nitrogens is 1. The molecule has 0 unspecified atom stereocenters. The van der Waals surface area contributed by atoms with Crippen LogP contribution in [0.25, 0.3) is 0 Å². The number of aryl methyl sites for hydroxylation is 1. The van der Waals surface area contributed by atoms with Crippen LogP contribution in [-0.4, -0.2) is 41.6 Å². The zero-order valence-electron chi connectivity index (χ0n) is 13.0. The second kappa shape index (κ2) is 5.82. The van der Waals surface area contributed by atoms with Gasteiger partial charge in [0.1, 0.15) is 0 Å². The predicted octanol–water partition coefficient (Wildman–Crippen LogP) is 2.66. The van der Waals surface area contributed by atoms with Gasteiger partial charge < -0.3 is 9.64 Å². The summed E-state index contributed by atoms with van der Waals surface area (Å²) in [5, 5.41) is 2.98. The third kappa shape index (κ3) is 2.88. The van der Waals surface area contributed by atoms with Crippen LogP contribution in [0.3, 0.4) is 0 Å². The smallest absolute Gasteiger partial charge is 0.228 e. The lowest BCUT2D eigenvalue weighted by Gasteiger charge is -2.54. The van der Waals surface area contributed by atoms with Gasteiger partial charge in [-0.25, -0.2) is 4.98 Å². The largest absolute Gasteiger partial charge is 0.378 e. The van der Waals surface area contributed by atoms with Crippen LogP contribution in [0.5, 0.6) is 0 Å². The Balaban J connectivity index is 1.95. The summed E-state index contributed by atoms with van der Waals surface area (Å²) in [6.07, 6.45) is 1.58. The summed E-state index contributed by atoms with van der Waals surface area (Å²) in [6.45, 7) is 9.07. The number of rotatable bonds is 5. The summed E-state index contributed by atoms with van der Waals surface area (Å²) >= 11 is 1.59. The molecule has 5 heteroatoms. The Morgan fingerprint density at radius 2 is 2.30 bits per heavy atom. The van der Waals surface area contributed by atoms with E-state index in [0.717, 1.165) is 23.7 Å². The van der Waals surface area contributed by atoms with Crippen molar-refractivity contribution in [1.82, 2.24) is 9.88 Å². The molecule has 0 radical (unpaired) electrons. The highest BCUT2D eigenvalue weighted by atomic mass is 32.1. The molecule has 0 aliphatic heterocycles. The van der Waals surface area contributed by atoms with Crippen molar-refractivity contribution in [3.63, 3.8) is 0 Å². The molecule has 0 aromatic carbocycles. The Morgan fingerprint density at radius 3 is 2.80 bits per heavy atom. The molecular weight excluding hydrogens is 272 g/mol. The fraction of sp³-hybridized carbons (Fsp3) is 0.733. The van der Waals surface area contributed by atoms with E-state index in [1.165, 1.54) is 0 Å². The first-order valence-corrected chi connectivity index (χ1v) is 8.02. The van der Waals surface area contributed by atoms with E-state index in [2.05, 4.69) is 18.8 Å². The van der Waals surface area contributed by atoms with Gasteiger partial charge in [0.25, 0.3) is 0 Å². The molecule has 0 spiro atoms. The normalized spacial score (nSPS) is 24.2. The van der Waals surface area contributed by atoms with Crippen LogP contribution < -0.4 is 0 Å². The van der Waals surface area contributed by atoms with Crippen molar-refractivity contribution in [3.05, 3.63) is 16.1 Å². The first-order valence-electron chi connectivity index (χ1n) is 7.14. The van der Waals surface area contributed by atoms with Gasteiger partial charge in [-0.3, -0.25) is 4.79 Å². The Labute approximate surface area is 125 Å². The van der Waals surface area contributed by atoms with Gasteiger partial charge in [-0.1, -0.05) is 13.8 Å². The van der Waals surface area contributed by atoms with Crippen molar-refractivity contribution >= 4 is 17.2 Å². The number of amides is 1. The van der Waals surface area contributed by atoms with E-state index >= 15 is 0 Å². The molecule has 2 atom stereocenters. The minimum Gasteiger partial charge on any atom is -0.378 e. The van der Waals surface area contributed by atoms with E-state index in [9.17, 15) is 4.79 Å². The van der Waals surface area contributed by atoms with Gasteiger partial charge in [-0.15, -0.1) is 11.3 Å². The summed E-state index contributed by atoms with van der Waals surface area (Å²) in [5.41, 5.74) is 0.904. The molecule has 1 aromatic heterocycles. The van der Waals surface area contributed by atoms with Crippen LogP contribution in [0.2, 0.25) is 0 Å². The molecule has 4 nitrogen and oxygen atoms in total. The maximum absolute atomic E-state index is 12.4. The quantitative estimate of drug-likeness (QED) is 0.839. The van der Waals surface area contributed by atoms with Crippen LogP contribution in [0.4, 0.5) is 0 Å². The monoisotopic (exact) mass is 296 g/mol. The van der Waals surface area contributed by atoms with E-state index < -0.39 is 0 Å². The number of nitrogens with zero attached hydrogens (tertiary/aromatic N) is 2. The molecular formula is C15H24N2O2S. The predicted molar refractivity (Wildman–Crippen MR) is 80.9 cm³/mol. The minimum absolute atomic E-state index is 0.0262. The number of carbonyl (C=O) groups excluding carboxylic acids is 1. The molecule has 0 bridgehead atoms. The van der Waals surface area contributed by atoms with Gasteiger partial charge >= 0.3 is 0 Å². The molecule has 1 heterocycles. The van der Waals surface area contributed by atoms with Gasteiger partial charge in [0.05, 0.1) is 23.2 Å². The second-order valence-electron chi connectivity index (χ2n) is 6.06. The lowest BCUT2D eigenvalue weighted by Crippen LogP contribution is -2.62. The molecule has 0 saturated heterocycles. The van der Waals surface area contributed by atoms with Crippen LogP contribution >= 0.6 is 11.3 Å². The fourth-order valence-corrected chi connectivity index (χ4v) is 3.56. The molecule has 1 aliphatic rings. The summed E-state index contributed by atoms with van der Waals surface area (Å²) in [5.74, 6) is 0.142. The summed E-state index contributed by atoms with van der Waals surface area (Å²) < 4.78 is 5.73. The molecule has 1 saturated carbocycles. The van der Waals surface area contributed by atoms with E-state index in [-0.39, 0.29) is 23.5 Å². The number of likely N-dealkylation sites (N-methyl/N-ethyl adjacent to an activating group) is 1. The van der Waals surface area contributed by atoms with Gasteiger partial charge in [0.2, 0.25) is 5.91 Å². The molecule has 0 N–H and O–H groups in total. The van der Waals surface area contributed by atoms with E-state index in [1.807, 2.05) is 31.2 Å². The summed E-state index contributed by atoms with van der Waals surface area (Å²) in [7, 11) is 1.90. The lowest BCUT2D eigenvalue weighted by molar-refractivity contribution is -0.162. The Hall–Kier alpha value is -0.940. The Kier molecular flexibility index (Phi) is 4.49. The molecule has 1 aliphatic carbocycles. The average Bonchev–Trinajstić information content (AvgIpc) is 2.78. The van der Waals surface area contributed by atoms with Crippen molar-refractivity contribution in [3.8, 4) is 0 Å². The molecule has 1 aromatic rings. The standard InChI is InChI=1S/C15H24N2O2S/c1-6-19-13-8-12(15(13,3)4)17(5)14(18)7-11-9-20-10(2)16-11/h9,12-13H,6-8H2,1-5H3/t12-,13+/m1/s1. The van der Waals surface area contributed by atoms with Crippen molar-refractivity contribution in [2.24, 2.45) is 5.41 Å². The second-order valence-corrected chi connectivity index (χ2v) is 7.12. The third-order valence-electron chi connectivity index (χ3n) is 4.35. The molecule has 112 valence electrons. The van der Waals surface area contributed by atoms with Gasteiger partial charge in [0.15, 0.2) is 0 Å². The Bertz CT molecular complexity index is 484. The maximum Gasteiger partial charge on any atom is 0.228 e. The van der Waals surface area contributed by atoms with E-state index in [1.54, 1.807) is 11.3 Å². The molecule has 20 heavy (non-hydrogen) atoms. The first-order chi connectivity index (χ1) is 9.36. The maximum atomic E-state index is 12.4. The zero-order chi connectivity index (χ0) is 14.9. The van der Waals surface area contributed by atoms with Crippen molar-refractivity contribution < 1.29 is 9.53 Å². The summed E-state index contributed by atoms with van der Waals surface area (Å²) in [6, 6.07) is 0.256. The molecule has 1 fully saturated rings. The van der Waals surface area contributed by atoms with E-state index in [4.69, 9.17) is 4.74 Å². The highest BCUT2D eigenvalue weighted by Crippen LogP contribution is 2.45. The first kappa shape index (κ1) is 15.4. The number of carbonyl (C=O) groups is 1. The summed E-state index contributed by atoms with van der Waals surface area (Å²) in [4.78, 5) is 18.6. The van der Waals surface area contributed by atoms with Gasteiger partial charge in [0, 0.05) is 30.5 Å².